The second-order valence-electron chi connectivity index (χ2n) is 5.89. The normalized spacial score (nSPS) is 19.0. The van der Waals surface area contributed by atoms with Crippen LogP contribution in [0, 0.1) is 0 Å². The first-order valence-electron chi connectivity index (χ1n) is 8.19. The van der Waals surface area contributed by atoms with E-state index in [1.807, 2.05) is 23.6 Å². The molecule has 2 aliphatic heterocycles. The Morgan fingerprint density at radius 3 is 2.88 bits per heavy atom. The second-order valence-corrected chi connectivity index (χ2v) is 6.75. The fraction of sp³-hybridized carbons (Fsp3) is 0.412. The van der Waals surface area contributed by atoms with E-state index in [9.17, 15) is 4.79 Å². The molecule has 1 aromatic carbocycles. The predicted octanol–water partition coefficient (Wildman–Crippen LogP) is 3.08. The van der Waals surface area contributed by atoms with Gasteiger partial charge >= 0.3 is 0 Å². The fourth-order valence-electron chi connectivity index (χ4n) is 2.93. The minimum Gasteiger partial charge on any atom is -0.486 e. The van der Waals surface area contributed by atoms with Crippen molar-refractivity contribution in [2.45, 2.75) is 25.3 Å². The van der Waals surface area contributed by atoms with Crippen LogP contribution in [0.3, 0.4) is 0 Å². The number of benzene rings is 1. The van der Waals surface area contributed by atoms with E-state index in [0.717, 1.165) is 48.6 Å². The quantitative estimate of drug-likeness (QED) is 0.854. The molecule has 25 heavy (non-hydrogen) atoms. The topological polar surface area (TPSA) is 72.5 Å². The van der Waals surface area contributed by atoms with E-state index in [1.165, 1.54) is 11.3 Å². The van der Waals surface area contributed by atoms with E-state index < -0.39 is 0 Å². The third kappa shape index (κ3) is 4.05. The zero-order chi connectivity index (χ0) is 16.4. The Kier molecular flexibility index (Phi) is 5.78. The lowest BCUT2D eigenvalue weighted by molar-refractivity contribution is -0.118. The molecule has 0 bridgehead atoms. The number of ether oxygens (including phenoxy) is 2. The van der Waals surface area contributed by atoms with Crippen LogP contribution in [0.1, 0.15) is 19.3 Å². The molecule has 2 N–H and O–H groups in total. The minimum atomic E-state index is -0.111. The van der Waals surface area contributed by atoms with E-state index in [2.05, 4.69) is 15.6 Å². The Morgan fingerprint density at radius 2 is 2.08 bits per heavy atom. The molecular weight excluding hydrogens is 362 g/mol. The van der Waals surface area contributed by atoms with Gasteiger partial charge in [0.15, 0.2) is 16.6 Å². The number of nitrogens with one attached hydrogen (secondary N) is 2. The Morgan fingerprint density at radius 1 is 1.24 bits per heavy atom. The van der Waals surface area contributed by atoms with E-state index in [-0.39, 0.29) is 24.4 Å². The molecule has 8 heteroatoms. The molecule has 1 unspecified atom stereocenters. The maximum atomic E-state index is 12.3. The van der Waals surface area contributed by atoms with Gasteiger partial charge in [0.1, 0.15) is 13.2 Å². The van der Waals surface area contributed by atoms with Gasteiger partial charge < -0.3 is 20.1 Å². The monoisotopic (exact) mass is 381 g/mol. The summed E-state index contributed by atoms with van der Waals surface area (Å²) in [7, 11) is 0. The molecule has 1 atom stereocenters. The fourth-order valence-corrected chi connectivity index (χ4v) is 3.66. The lowest BCUT2D eigenvalue weighted by atomic mass is 10.0. The molecule has 1 aromatic heterocycles. The number of carbonyl (C=O) groups is 1. The van der Waals surface area contributed by atoms with Crippen LogP contribution >= 0.6 is 23.7 Å². The molecule has 1 saturated heterocycles. The van der Waals surface area contributed by atoms with E-state index in [4.69, 9.17) is 9.47 Å². The van der Waals surface area contributed by atoms with E-state index in [1.54, 1.807) is 0 Å². The van der Waals surface area contributed by atoms with Crippen molar-refractivity contribution in [3.8, 4) is 22.8 Å². The summed E-state index contributed by atoms with van der Waals surface area (Å²) < 4.78 is 11.1. The van der Waals surface area contributed by atoms with Crippen molar-refractivity contribution in [1.29, 1.82) is 0 Å². The average molecular weight is 382 g/mol. The molecule has 1 amide bonds. The summed E-state index contributed by atoms with van der Waals surface area (Å²) in [5.41, 5.74) is 1.77. The zero-order valence-corrected chi connectivity index (χ0v) is 15.3. The summed E-state index contributed by atoms with van der Waals surface area (Å²) in [6.07, 6.45) is 3.10. The molecule has 4 rings (SSSR count). The van der Waals surface area contributed by atoms with Crippen molar-refractivity contribution < 1.29 is 14.3 Å². The van der Waals surface area contributed by atoms with Gasteiger partial charge in [-0.2, -0.15) is 0 Å². The number of carbonyl (C=O) groups excluding carboxylic acids is 1. The smallest absolute Gasteiger partial charge is 0.243 e. The number of aromatic nitrogens is 1. The van der Waals surface area contributed by atoms with Crippen LogP contribution in [0.15, 0.2) is 23.6 Å². The van der Waals surface area contributed by atoms with Crippen LogP contribution in [-0.2, 0) is 4.79 Å². The van der Waals surface area contributed by atoms with Gasteiger partial charge in [0.05, 0.1) is 11.7 Å². The number of nitrogens with zero attached hydrogens (tertiary/aromatic N) is 1. The van der Waals surface area contributed by atoms with Crippen LogP contribution in [-0.4, -0.2) is 36.7 Å². The average Bonchev–Trinajstić information content (AvgIpc) is 3.10. The molecule has 1 fully saturated rings. The number of hydrogen-bond donors (Lipinski definition) is 2. The lowest BCUT2D eigenvalue weighted by Crippen LogP contribution is -2.43. The third-order valence-corrected chi connectivity index (χ3v) is 4.96. The highest BCUT2D eigenvalue weighted by Crippen LogP contribution is 2.35. The van der Waals surface area contributed by atoms with Gasteiger partial charge in [-0.15, -0.1) is 23.7 Å². The van der Waals surface area contributed by atoms with Crippen molar-refractivity contribution >= 4 is 34.8 Å². The van der Waals surface area contributed by atoms with Gasteiger partial charge in [-0.1, -0.05) is 6.42 Å². The molecule has 6 nitrogen and oxygen atoms in total. The van der Waals surface area contributed by atoms with E-state index >= 15 is 0 Å². The van der Waals surface area contributed by atoms with Crippen molar-refractivity contribution in [2.24, 2.45) is 0 Å². The second kappa shape index (κ2) is 8.03. The number of amides is 1. The Balaban J connectivity index is 0.00000182. The van der Waals surface area contributed by atoms with Crippen LogP contribution in [0.5, 0.6) is 11.5 Å². The summed E-state index contributed by atoms with van der Waals surface area (Å²) >= 11 is 1.43. The van der Waals surface area contributed by atoms with Crippen LogP contribution in [0.2, 0.25) is 0 Å². The van der Waals surface area contributed by atoms with Gasteiger partial charge in [-0.05, 0) is 37.6 Å². The summed E-state index contributed by atoms with van der Waals surface area (Å²) in [4.78, 5) is 16.8. The number of piperidine rings is 1. The summed E-state index contributed by atoms with van der Waals surface area (Å²) in [5, 5.41) is 8.72. The number of halogens is 1. The standard InChI is InChI=1S/C17H19N3O3S.ClH/c21-16(12-3-1-2-6-18-12)20-17-19-13(10-24-17)11-4-5-14-15(9-11)23-8-7-22-14;/h4-5,9-10,12,18H,1-3,6-8H2,(H,19,20,21);1H. The van der Waals surface area contributed by atoms with Crippen molar-refractivity contribution in [3.05, 3.63) is 23.6 Å². The molecular formula is C17H20ClN3O3S. The number of anilines is 1. The van der Waals surface area contributed by atoms with E-state index in [0.29, 0.717) is 18.3 Å². The van der Waals surface area contributed by atoms with Crippen LogP contribution in [0.4, 0.5) is 5.13 Å². The molecule has 2 aliphatic rings. The highest BCUT2D eigenvalue weighted by atomic mass is 35.5. The maximum Gasteiger partial charge on any atom is 0.243 e. The number of thiazole rings is 1. The van der Waals surface area contributed by atoms with Gasteiger partial charge in [0.2, 0.25) is 5.91 Å². The minimum absolute atomic E-state index is 0. The maximum absolute atomic E-state index is 12.3. The van der Waals surface area contributed by atoms with Crippen molar-refractivity contribution in [1.82, 2.24) is 10.3 Å². The first-order chi connectivity index (χ1) is 11.8. The van der Waals surface area contributed by atoms with Gasteiger partial charge in [-0.25, -0.2) is 4.98 Å². The molecule has 0 spiro atoms. The number of hydrogen-bond acceptors (Lipinski definition) is 6. The zero-order valence-electron chi connectivity index (χ0n) is 13.6. The van der Waals surface area contributed by atoms with Gasteiger partial charge in [0, 0.05) is 10.9 Å². The van der Waals surface area contributed by atoms with Gasteiger partial charge in [-0.3, -0.25) is 4.79 Å². The summed E-state index contributed by atoms with van der Waals surface area (Å²) in [6.45, 7) is 2.04. The third-order valence-electron chi connectivity index (χ3n) is 4.20. The van der Waals surface area contributed by atoms with Crippen molar-refractivity contribution in [2.75, 3.05) is 25.1 Å². The van der Waals surface area contributed by atoms with Crippen molar-refractivity contribution in [3.63, 3.8) is 0 Å². The molecule has 0 radical (unpaired) electrons. The summed E-state index contributed by atoms with van der Waals surface area (Å²) in [5.74, 6) is 1.50. The highest BCUT2D eigenvalue weighted by Gasteiger charge is 2.21. The molecule has 134 valence electrons. The lowest BCUT2D eigenvalue weighted by Gasteiger charge is -2.21. The molecule has 0 saturated carbocycles. The van der Waals surface area contributed by atoms with Gasteiger partial charge in [0.25, 0.3) is 0 Å². The first kappa shape index (κ1) is 18.0. The van der Waals surface area contributed by atoms with Crippen LogP contribution in [0.25, 0.3) is 11.3 Å². The molecule has 0 aliphatic carbocycles. The molecule has 3 heterocycles. The number of fused-ring (bicyclic) bond motifs is 1. The van der Waals surface area contributed by atoms with Crippen LogP contribution < -0.4 is 20.1 Å². The SMILES string of the molecule is Cl.O=C(Nc1nc(-c2ccc3c(c2)OCCO3)cs1)C1CCCCN1. The molecule has 2 aromatic rings. The summed E-state index contributed by atoms with van der Waals surface area (Å²) in [6, 6.07) is 5.67. The largest absolute Gasteiger partial charge is 0.486 e. The highest BCUT2D eigenvalue weighted by molar-refractivity contribution is 7.14. The predicted molar refractivity (Wildman–Crippen MR) is 100 cm³/mol. The number of rotatable bonds is 3. The Bertz CT molecular complexity index is 746. The first-order valence-corrected chi connectivity index (χ1v) is 9.07. The Labute approximate surface area is 156 Å². The Hall–Kier alpha value is -1.83.